The SMILES string of the molecule is Cc1n[nH]c(C)c1-c1ccnc(N[C@@H](C)c2cc3cc(Cl)ccc3[nH]c2=O)n1. The van der Waals surface area contributed by atoms with Crippen molar-refractivity contribution in [2.45, 2.75) is 26.8 Å². The van der Waals surface area contributed by atoms with Crippen molar-refractivity contribution < 1.29 is 0 Å². The molecule has 4 aromatic rings. The normalized spacial score (nSPS) is 12.3. The summed E-state index contributed by atoms with van der Waals surface area (Å²) in [6, 6.07) is 8.75. The van der Waals surface area contributed by atoms with Gasteiger partial charge in [0.15, 0.2) is 0 Å². The number of hydrogen-bond donors (Lipinski definition) is 3. The van der Waals surface area contributed by atoms with Gasteiger partial charge >= 0.3 is 0 Å². The third-order valence-electron chi connectivity index (χ3n) is 4.69. The highest BCUT2D eigenvalue weighted by Crippen LogP contribution is 2.25. The second-order valence-corrected chi connectivity index (χ2v) is 7.16. The predicted octanol–water partition coefficient (Wildman–Crippen LogP) is 4.15. The minimum atomic E-state index is -0.297. The van der Waals surface area contributed by atoms with E-state index < -0.39 is 0 Å². The first-order valence-corrected chi connectivity index (χ1v) is 9.24. The van der Waals surface area contributed by atoms with Crippen molar-refractivity contribution in [1.82, 2.24) is 25.1 Å². The quantitative estimate of drug-likeness (QED) is 0.482. The fourth-order valence-electron chi connectivity index (χ4n) is 3.28. The molecule has 3 N–H and O–H groups in total. The Labute approximate surface area is 166 Å². The van der Waals surface area contributed by atoms with Crippen LogP contribution in [0.4, 0.5) is 5.95 Å². The maximum absolute atomic E-state index is 12.5. The zero-order chi connectivity index (χ0) is 19.8. The molecule has 0 saturated heterocycles. The highest BCUT2D eigenvalue weighted by atomic mass is 35.5. The minimum Gasteiger partial charge on any atom is -0.347 e. The van der Waals surface area contributed by atoms with Crippen molar-refractivity contribution >= 4 is 28.5 Å². The third-order valence-corrected chi connectivity index (χ3v) is 4.92. The molecule has 0 amide bonds. The standard InChI is InChI=1S/C20H19ClN6O/c1-10(15-9-13-8-14(21)4-5-16(13)24-19(15)28)23-20-22-7-6-17(25-20)18-11(2)26-27-12(18)3/h4-10H,1-3H3,(H,24,28)(H,26,27)(H,22,23,25)/t10-/m0/s1. The number of anilines is 1. The van der Waals surface area contributed by atoms with Gasteiger partial charge in [-0.25, -0.2) is 9.97 Å². The van der Waals surface area contributed by atoms with E-state index in [9.17, 15) is 4.79 Å². The molecule has 0 aliphatic heterocycles. The molecule has 0 bridgehead atoms. The molecule has 8 heteroatoms. The number of fused-ring (bicyclic) bond motifs is 1. The zero-order valence-corrected chi connectivity index (χ0v) is 16.4. The number of rotatable bonds is 4. The number of H-pyrrole nitrogens is 2. The Morgan fingerprint density at radius 2 is 2.00 bits per heavy atom. The van der Waals surface area contributed by atoms with Gasteiger partial charge in [0, 0.05) is 38.9 Å². The fourth-order valence-corrected chi connectivity index (χ4v) is 3.46. The summed E-state index contributed by atoms with van der Waals surface area (Å²) in [5.41, 5.74) is 4.71. The summed E-state index contributed by atoms with van der Waals surface area (Å²) < 4.78 is 0. The van der Waals surface area contributed by atoms with Gasteiger partial charge in [-0.3, -0.25) is 9.89 Å². The van der Waals surface area contributed by atoms with Crippen molar-refractivity contribution in [3.05, 3.63) is 68.9 Å². The largest absolute Gasteiger partial charge is 0.347 e. The Morgan fingerprint density at radius 3 is 2.75 bits per heavy atom. The lowest BCUT2D eigenvalue weighted by Gasteiger charge is -2.15. The Kier molecular flexibility index (Phi) is 4.60. The van der Waals surface area contributed by atoms with Gasteiger partial charge in [-0.2, -0.15) is 5.10 Å². The lowest BCUT2D eigenvalue weighted by molar-refractivity contribution is 0.845. The summed E-state index contributed by atoms with van der Waals surface area (Å²) >= 11 is 6.08. The lowest BCUT2D eigenvalue weighted by atomic mass is 10.1. The van der Waals surface area contributed by atoms with Crippen LogP contribution in [0.3, 0.4) is 0 Å². The van der Waals surface area contributed by atoms with Gasteiger partial charge in [-0.1, -0.05) is 11.6 Å². The molecular formula is C20H19ClN6O. The van der Waals surface area contributed by atoms with Crippen molar-refractivity contribution in [2.75, 3.05) is 5.32 Å². The van der Waals surface area contributed by atoms with Gasteiger partial charge in [-0.15, -0.1) is 0 Å². The van der Waals surface area contributed by atoms with Crippen molar-refractivity contribution in [3.8, 4) is 11.3 Å². The maximum atomic E-state index is 12.5. The van der Waals surface area contributed by atoms with Crippen LogP contribution in [0.2, 0.25) is 5.02 Å². The molecular weight excluding hydrogens is 376 g/mol. The summed E-state index contributed by atoms with van der Waals surface area (Å²) in [6.07, 6.45) is 1.69. The topological polar surface area (TPSA) is 99.4 Å². The number of aromatic nitrogens is 5. The van der Waals surface area contributed by atoms with Crippen LogP contribution in [0.15, 0.2) is 41.3 Å². The zero-order valence-electron chi connectivity index (χ0n) is 15.7. The maximum Gasteiger partial charge on any atom is 0.253 e. The van der Waals surface area contributed by atoms with Crippen LogP contribution in [0.1, 0.15) is 29.9 Å². The number of hydrogen-bond acceptors (Lipinski definition) is 5. The molecule has 1 atom stereocenters. The van der Waals surface area contributed by atoms with Gasteiger partial charge in [0.25, 0.3) is 5.56 Å². The molecule has 1 aromatic carbocycles. The van der Waals surface area contributed by atoms with Crippen LogP contribution in [0, 0.1) is 13.8 Å². The van der Waals surface area contributed by atoms with Crippen molar-refractivity contribution in [2.24, 2.45) is 0 Å². The van der Waals surface area contributed by atoms with E-state index in [1.54, 1.807) is 18.3 Å². The second kappa shape index (κ2) is 7.09. The summed E-state index contributed by atoms with van der Waals surface area (Å²) in [7, 11) is 0. The first-order valence-electron chi connectivity index (χ1n) is 8.86. The molecule has 0 spiro atoms. The van der Waals surface area contributed by atoms with Gasteiger partial charge in [-0.05, 0) is 51.1 Å². The van der Waals surface area contributed by atoms with Gasteiger partial charge in [0.1, 0.15) is 0 Å². The molecule has 142 valence electrons. The average molecular weight is 395 g/mol. The van der Waals surface area contributed by atoms with Crippen LogP contribution in [0.25, 0.3) is 22.2 Å². The Morgan fingerprint density at radius 1 is 1.18 bits per heavy atom. The minimum absolute atomic E-state index is 0.160. The smallest absolute Gasteiger partial charge is 0.253 e. The molecule has 0 unspecified atom stereocenters. The van der Waals surface area contributed by atoms with Gasteiger partial charge < -0.3 is 10.3 Å². The molecule has 7 nitrogen and oxygen atoms in total. The Balaban J connectivity index is 1.66. The number of pyridine rings is 1. The van der Waals surface area contributed by atoms with Crippen molar-refractivity contribution in [3.63, 3.8) is 0 Å². The fraction of sp³-hybridized carbons (Fsp3) is 0.200. The number of nitrogens with one attached hydrogen (secondary N) is 3. The van der Waals surface area contributed by atoms with E-state index in [-0.39, 0.29) is 11.6 Å². The third kappa shape index (κ3) is 3.36. The molecule has 0 fully saturated rings. The molecule has 3 heterocycles. The van der Waals surface area contributed by atoms with E-state index in [1.165, 1.54) is 0 Å². The number of halogens is 1. The predicted molar refractivity (Wildman–Crippen MR) is 111 cm³/mol. The first kappa shape index (κ1) is 18.2. The van der Waals surface area contributed by atoms with Crippen molar-refractivity contribution in [1.29, 1.82) is 0 Å². The van der Waals surface area contributed by atoms with E-state index in [2.05, 4.69) is 30.5 Å². The second-order valence-electron chi connectivity index (χ2n) is 6.73. The number of nitrogens with zero attached hydrogens (tertiary/aromatic N) is 3. The number of aryl methyl sites for hydroxylation is 2. The van der Waals surface area contributed by atoms with Crippen LogP contribution >= 0.6 is 11.6 Å². The molecule has 0 radical (unpaired) electrons. The summed E-state index contributed by atoms with van der Waals surface area (Å²) in [5, 5.41) is 11.9. The monoisotopic (exact) mass is 394 g/mol. The van der Waals surface area contributed by atoms with E-state index >= 15 is 0 Å². The van der Waals surface area contributed by atoms with E-state index in [0.29, 0.717) is 16.5 Å². The lowest BCUT2D eigenvalue weighted by Crippen LogP contribution is -2.20. The summed E-state index contributed by atoms with van der Waals surface area (Å²) in [6.45, 7) is 5.77. The molecule has 0 aliphatic carbocycles. The van der Waals surface area contributed by atoms with Crippen LogP contribution < -0.4 is 10.9 Å². The Bertz CT molecular complexity index is 1210. The van der Waals surface area contributed by atoms with Gasteiger partial charge in [0.05, 0.1) is 17.4 Å². The highest BCUT2D eigenvalue weighted by molar-refractivity contribution is 6.31. The molecule has 0 aliphatic rings. The van der Waals surface area contributed by atoms with E-state index in [4.69, 9.17) is 11.6 Å². The molecule has 0 saturated carbocycles. The average Bonchev–Trinajstić information content (AvgIpc) is 3.00. The number of benzene rings is 1. The van der Waals surface area contributed by atoms with Crippen LogP contribution in [-0.4, -0.2) is 25.1 Å². The first-order chi connectivity index (χ1) is 13.4. The molecule has 28 heavy (non-hydrogen) atoms. The summed E-state index contributed by atoms with van der Waals surface area (Å²) in [4.78, 5) is 24.3. The molecule has 4 rings (SSSR count). The van der Waals surface area contributed by atoms with E-state index in [1.807, 2.05) is 39.0 Å². The van der Waals surface area contributed by atoms with E-state index in [0.717, 1.165) is 33.5 Å². The van der Waals surface area contributed by atoms with Crippen LogP contribution in [-0.2, 0) is 0 Å². The van der Waals surface area contributed by atoms with Gasteiger partial charge in [0.2, 0.25) is 5.95 Å². The highest BCUT2D eigenvalue weighted by Gasteiger charge is 2.15. The Hall–Kier alpha value is -3.19. The summed E-state index contributed by atoms with van der Waals surface area (Å²) in [5.74, 6) is 0.440. The number of aromatic amines is 2. The van der Waals surface area contributed by atoms with Crippen LogP contribution in [0.5, 0.6) is 0 Å². The molecule has 3 aromatic heterocycles.